The molecule has 1 unspecified atom stereocenters. The van der Waals surface area contributed by atoms with Gasteiger partial charge < -0.3 is 14.4 Å². The van der Waals surface area contributed by atoms with Gasteiger partial charge in [-0.3, -0.25) is 4.79 Å². The van der Waals surface area contributed by atoms with Crippen LogP contribution in [0.25, 0.3) is 0 Å². The van der Waals surface area contributed by atoms with Crippen LogP contribution in [0.2, 0.25) is 5.02 Å². The number of benzene rings is 2. The molecule has 144 valence electrons. The van der Waals surface area contributed by atoms with Gasteiger partial charge in [0.25, 0.3) is 5.91 Å². The van der Waals surface area contributed by atoms with E-state index in [1.54, 1.807) is 37.7 Å². The molecule has 0 radical (unpaired) electrons. The summed E-state index contributed by atoms with van der Waals surface area (Å²) >= 11 is 7.96. The van der Waals surface area contributed by atoms with E-state index in [0.717, 1.165) is 16.9 Å². The van der Waals surface area contributed by atoms with Crippen LogP contribution in [-0.4, -0.2) is 31.6 Å². The molecule has 6 heteroatoms. The first-order valence-electron chi connectivity index (χ1n) is 8.97. The van der Waals surface area contributed by atoms with Crippen molar-refractivity contribution < 1.29 is 14.3 Å². The van der Waals surface area contributed by atoms with Gasteiger partial charge in [0, 0.05) is 11.4 Å². The Kier molecular flexibility index (Phi) is 5.29. The standard InChI is InChI=1S/C22H20ClNO3S/c1-26-18-12-14-9-10-24(22(25)15-6-3-4-7-17(15)23)21(20-8-5-11-28-20)16(14)13-19(18)27-2/h3-8,11-13,21H,9-10H2,1-2H3. The zero-order chi connectivity index (χ0) is 19.7. The first kappa shape index (κ1) is 18.8. The van der Waals surface area contributed by atoms with Crippen LogP contribution in [0.15, 0.2) is 53.9 Å². The SMILES string of the molecule is COc1cc2c(cc1OC)C(c1cccs1)N(C(=O)c1ccccc1Cl)CC2. The van der Waals surface area contributed by atoms with Crippen molar-refractivity contribution in [2.24, 2.45) is 0 Å². The van der Waals surface area contributed by atoms with Gasteiger partial charge in [0.15, 0.2) is 11.5 Å². The van der Waals surface area contributed by atoms with Crippen molar-refractivity contribution in [3.05, 3.63) is 80.5 Å². The zero-order valence-corrected chi connectivity index (χ0v) is 17.2. The van der Waals surface area contributed by atoms with Crippen molar-refractivity contribution >= 4 is 28.8 Å². The molecule has 28 heavy (non-hydrogen) atoms. The maximum Gasteiger partial charge on any atom is 0.256 e. The molecule has 0 saturated heterocycles. The number of methoxy groups -OCH3 is 2. The molecule has 0 N–H and O–H groups in total. The number of fused-ring (bicyclic) bond motifs is 1. The van der Waals surface area contributed by atoms with Gasteiger partial charge in [0.2, 0.25) is 0 Å². The minimum Gasteiger partial charge on any atom is -0.493 e. The van der Waals surface area contributed by atoms with Gasteiger partial charge >= 0.3 is 0 Å². The van der Waals surface area contributed by atoms with Gasteiger partial charge in [0.05, 0.1) is 30.8 Å². The van der Waals surface area contributed by atoms with E-state index < -0.39 is 0 Å². The molecule has 1 aliphatic heterocycles. The van der Waals surface area contributed by atoms with Crippen LogP contribution in [-0.2, 0) is 6.42 Å². The van der Waals surface area contributed by atoms with Crippen LogP contribution >= 0.6 is 22.9 Å². The van der Waals surface area contributed by atoms with E-state index in [1.165, 1.54) is 5.56 Å². The Morgan fingerprint density at radius 2 is 1.86 bits per heavy atom. The molecule has 1 amide bonds. The van der Waals surface area contributed by atoms with Gasteiger partial charge in [0.1, 0.15) is 0 Å². The lowest BCUT2D eigenvalue weighted by Gasteiger charge is -2.37. The van der Waals surface area contributed by atoms with Crippen molar-refractivity contribution in [3.63, 3.8) is 0 Å². The number of hydrogen-bond acceptors (Lipinski definition) is 4. The van der Waals surface area contributed by atoms with Crippen molar-refractivity contribution in [1.82, 2.24) is 4.90 Å². The summed E-state index contributed by atoms with van der Waals surface area (Å²) in [4.78, 5) is 16.4. The molecular weight excluding hydrogens is 394 g/mol. The molecule has 4 nitrogen and oxygen atoms in total. The quantitative estimate of drug-likeness (QED) is 0.589. The third-order valence-corrected chi connectivity index (χ3v) is 6.31. The molecule has 2 aromatic carbocycles. The first-order chi connectivity index (χ1) is 13.6. The van der Waals surface area contributed by atoms with Crippen LogP contribution < -0.4 is 9.47 Å². The summed E-state index contributed by atoms with van der Waals surface area (Å²) in [6, 6.07) is 15.1. The second-order valence-corrected chi connectivity index (χ2v) is 7.94. The zero-order valence-electron chi connectivity index (χ0n) is 15.6. The molecule has 0 bridgehead atoms. The van der Waals surface area contributed by atoms with Gasteiger partial charge in [-0.05, 0) is 53.3 Å². The first-order valence-corrected chi connectivity index (χ1v) is 10.2. The van der Waals surface area contributed by atoms with E-state index in [4.69, 9.17) is 21.1 Å². The van der Waals surface area contributed by atoms with Crippen LogP contribution in [0.5, 0.6) is 11.5 Å². The smallest absolute Gasteiger partial charge is 0.256 e. The summed E-state index contributed by atoms with van der Waals surface area (Å²) in [6.07, 6.45) is 0.744. The molecule has 0 saturated carbocycles. The van der Waals surface area contributed by atoms with E-state index in [-0.39, 0.29) is 11.9 Å². The predicted molar refractivity (Wildman–Crippen MR) is 112 cm³/mol. The Morgan fingerprint density at radius 1 is 1.11 bits per heavy atom. The largest absolute Gasteiger partial charge is 0.493 e. The molecule has 4 rings (SSSR count). The van der Waals surface area contributed by atoms with E-state index in [9.17, 15) is 4.79 Å². The number of ether oxygens (including phenoxy) is 2. The predicted octanol–water partition coefficient (Wildman–Crippen LogP) is 5.21. The van der Waals surface area contributed by atoms with Crippen LogP contribution in [0.1, 0.15) is 32.4 Å². The molecular formula is C22H20ClNO3S. The lowest BCUT2D eigenvalue weighted by molar-refractivity contribution is 0.0697. The van der Waals surface area contributed by atoms with E-state index in [1.807, 2.05) is 40.6 Å². The summed E-state index contributed by atoms with van der Waals surface area (Å²) in [6.45, 7) is 0.606. The molecule has 1 aliphatic rings. The summed E-state index contributed by atoms with van der Waals surface area (Å²) in [7, 11) is 3.26. The highest BCUT2D eigenvalue weighted by Gasteiger charge is 2.34. The number of carbonyl (C=O) groups is 1. The Hall–Kier alpha value is -2.50. The van der Waals surface area contributed by atoms with Crippen molar-refractivity contribution in [2.75, 3.05) is 20.8 Å². The van der Waals surface area contributed by atoms with E-state index in [0.29, 0.717) is 28.6 Å². The number of amides is 1. The van der Waals surface area contributed by atoms with Gasteiger partial charge in [-0.15, -0.1) is 11.3 Å². The van der Waals surface area contributed by atoms with Crippen molar-refractivity contribution in [1.29, 1.82) is 0 Å². The third-order valence-electron chi connectivity index (χ3n) is 5.05. The number of thiophene rings is 1. The molecule has 1 atom stereocenters. The van der Waals surface area contributed by atoms with Crippen molar-refractivity contribution in [2.45, 2.75) is 12.5 Å². The van der Waals surface area contributed by atoms with Crippen LogP contribution in [0.4, 0.5) is 0 Å². The Labute approximate surface area is 173 Å². The third kappa shape index (κ3) is 3.25. The number of rotatable bonds is 4. The van der Waals surface area contributed by atoms with E-state index >= 15 is 0 Å². The fourth-order valence-corrected chi connectivity index (χ4v) is 4.78. The maximum atomic E-state index is 13.4. The second-order valence-electron chi connectivity index (χ2n) is 6.55. The molecule has 0 aliphatic carbocycles. The minimum absolute atomic E-state index is 0.0653. The average molecular weight is 414 g/mol. The number of halogens is 1. The van der Waals surface area contributed by atoms with Crippen molar-refractivity contribution in [3.8, 4) is 11.5 Å². The topological polar surface area (TPSA) is 38.8 Å². The highest BCUT2D eigenvalue weighted by atomic mass is 35.5. The van der Waals surface area contributed by atoms with Crippen LogP contribution in [0.3, 0.4) is 0 Å². The lowest BCUT2D eigenvalue weighted by atomic mass is 9.90. The Morgan fingerprint density at radius 3 is 2.54 bits per heavy atom. The normalized spacial score (nSPS) is 15.8. The molecule has 3 aromatic rings. The minimum atomic E-state index is -0.188. The summed E-state index contributed by atoms with van der Waals surface area (Å²) < 4.78 is 11.0. The van der Waals surface area contributed by atoms with E-state index in [2.05, 4.69) is 6.07 Å². The lowest BCUT2D eigenvalue weighted by Crippen LogP contribution is -2.40. The maximum absolute atomic E-state index is 13.4. The van der Waals surface area contributed by atoms with Crippen LogP contribution in [0, 0.1) is 0 Å². The fraction of sp³-hybridized carbons (Fsp3) is 0.227. The monoisotopic (exact) mass is 413 g/mol. The second kappa shape index (κ2) is 7.86. The molecule has 0 spiro atoms. The Balaban J connectivity index is 1.84. The highest BCUT2D eigenvalue weighted by molar-refractivity contribution is 7.10. The fourth-order valence-electron chi connectivity index (χ4n) is 3.71. The van der Waals surface area contributed by atoms with Gasteiger partial charge in [-0.2, -0.15) is 0 Å². The Bertz CT molecular complexity index is 1000. The van der Waals surface area contributed by atoms with Gasteiger partial charge in [-0.1, -0.05) is 29.8 Å². The summed E-state index contributed by atoms with van der Waals surface area (Å²) in [5.74, 6) is 1.30. The molecule has 2 heterocycles. The number of carbonyl (C=O) groups excluding carboxylic acids is 1. The number of nitrogens with zero attached hydrogens (tertiary/aromatic N) is 1. The highest BCUT2D eigenvalue weighted by Crippen LogP contribution is 2.42. The van der Waals surface area contributed by atoms with Gasteiger partial charge in [-0.25, -0.2) is 0 Å². The summed E-state index contributed by atoms with van der Waals surface area (Å²) in [5.41, 5.74) is 2.75. The molecule has 1 aromatic heterocycles. The average Bonchev–Trinajstić information content (AvgIpc) is 3.26. The number of hydrogen-bond donors (Lipinski definition) is 0. The molecule has 0 fully saturated rings. The summed E-state index contributed by atoms with van der Waals surface area (Å²) in [5, 5.41) is 2.50.